The second kappa shape index (κ2) is 6.43. The van der Waals surface area contributed by atoms with Crippen LogP contribution in [0.15, 0.2) is 18.2 Å². The van der Waals surface area contributed by atoms with Gasteiger partial charge >= 0.3 is 0 Å². The number of nitrogens with zero attached hydrogens (tertiary/aromatic N) is 1. The zero-order valence-electron chi connectivity index (χ0n) is 12.2. The van der Waals surface area contributed by atoms with Gasteiger partial charge in [0.2, 0.25) is 0 Å². The van der Waals surface area contributed by atoms with Gasteiger partial charge in [0.25, 0.3) is 0 Å². The van der Waals surface area contributed by atoms with Crippen LogP contribution in [-0.2, 0) is 11.3 Å². The first-order valence-electron chi connectivity index (χ1n) is 7.70. The average Bonchev–Trinajstić information content (AvgIpc) is 3.12. The summed E-state index contributed by atoms with van der Waals surface area (Å²) >= 11 is 12.4. The molecule has 1 unspecified atom stereocenters. The summed E-state index contributed by atoms with van der Waals surface area (Å²) in [5.41, 5.74) is 7.10. The Morgan fingerprint density at radius 2 is 2.14 bits per heavy atom. The van der Waals surface area contributed by atoms with Crippen LogP contribution in [0.3, 0.4) is 0 Å². The summed E-state index contributed by atoms with van der Waals surface area (Å²) in [7, 11) is 0. The molecule has 0 aliphatic carbocycles. The lowest BCUT2D eigenvalue weighted by atomic mass is 10.1. The molecule has 1 aromatic rings. The Hall–Kier alpha value is -0.320. The molecule has 2 aliphatic rings. The van der Waals surface area contributed by atoms with Gasteiger partial charge in [0.05, 0.1) is 31.3 Å². The number of nitrogens with two attached hydrogens (primary N) is 1. The Morgan fingerprint density at radius 1 is 1.29 bits per heavy atom. The van der Waals surface area contributed by atoms with Gasteiger partial charge in [-0.15, -0.1) is 0 Å². The number of halogens is 2. The van der Waals surface area contributed by atoms with Gasteiger partial charge in [0.15, 0.2) is 0 Å². The van der Waals surface area contributed by atoms with Crippen molar-refractivity contribution in [2.45, 2.75) is 25.4 Å². The fourth-order valence-corrected chi connectivity index (χ4v) is 4.34. The highest BCUT2D eigenvalue weighted by atomic mass is 35.5. The smallest absolute Gasteiger partial charge is 0.115 e. The molecule has 3 rings (SSSR count). The van der Waals surface area contributed by atoms with Crippen LogP contribution in [0, 0.1) is 5.92 Å². The van der Waals surface area contributed by atoms with Crippen LogP contribution in [0.5, 0.6) is 0 Å². The van der Waals surface area contributed by atoms with E-state index in [0.29, 0.717) is 17.0 Å². The Bertz CT molecular complexity index is 505. The molecule has 0 spiro atoms. The molecule has 0 saturated carbocycles. The van der Waals surface area contributed by atoms with Crippen molar-refractivity contribution in [3.63, 3.8) is 0 Å². The number of hydrogen-bond donors (Lipinski definition) is 1. The molecule has 2 N–H and O–H groups in total. The van der Waals surface area contributed by atoms with Gasteiger partial charge in [-0.25, -0.2) is 0 Å². The van der Waals surface area contributed by atoms with Crippen molar-refractivity contribution in [3.8, 4) is 0 Å². The summed E-state index contributed by atoms with van der Waals surface area (Å²) in [5, 5.41) is 1.47. The van der Waals surface area contributed by atoms with Crippen LogP contribution >= 0.6 is 23.2 Å². The second-order valence-corrected chi connectivity index (χ2v) is 7.27. The first kappa shape index (κ1) is 15.6. The standard InChI is InChI=1S/C16H23Cl2N2O/c17-14-2-1-13(16(18)7-14)10-20(15-4-6-21-11-15)5-3-12(8-19)9-20/h1-2,7,12,15H,3-6,8-11,19H2/q+1/t12-,15-,20?/m0/s1. The van der Waals surface area contributed by atoms with Gasteiger partial charge in [0.1, 0.15) is 12.6 Å². The monoisotopic (exact) mass is 329 g/mol. The van der Waals surface area contributed by atoms with E-state index in [2.05, 4.69) is 6.07 Å². The van der Waals surface area contributed by atoms with Crippen LogP contribution in [-0.4, -0.2) is 43.4 Å². The van der Waals surface area contributed by atoms with Crippen LogP contribution in [0.2, 0.25) is 10.0 Å². The van der Waals surface area contributed by atoms with Gasteiger partial charge in [0, 0.05) is 35.9 Å². The molecule has 0 aromatic heterocycles. The van der Waals surface area contributed by atoms with Gasteiger partial charge in [-0.3, -0.25) is 0 Å². The van der Waals surface area contributed by atoms with Crippen molar-refractivity contribution in [2.24, 2.45) is 11.7 Å². The molecule has 2 heterocycles. The molecule has 2 saturated heterocycles. The van der Waals surface area contributed by atoms with Crippen molar-refractivity contribution < 1.29 is 9.22 Å². The van der Waals surface area contributed by atoms with E-state index in [4.69, 9.17) is 33.7 Å². The molecule has 116 valence electrons. The van der Waals surface area contributed by atoms with E-state index in [1.54, 1.807) is 0 Å². The number of quaternary nitrogens is 1. The number of rotatable bonds is 4. The Morgan fingerprint density at radius 3 is 2.76 bits per heavy atom. The van der Waals surface area contributed by atoms with E-state index in [1.165, 1.54) is 18.5 Å². The number of likely N-dealkylation sites (tertiary alicyclic amines) is 1. The maximum Gasteiger partial charge on any atom is 0.115 e. The lowest BCUT2D eigenvalue weighted by Crippen LogP contribution is -2.53. The van der Waals surface area contributed by atoms with Crippen molar-refractivity contribution in [2.75, 3.05) is 32.8 Å². The SMILES string of the molecule is NC[C@@H]1CC[N+](Cc2ccc(Cl)cc2Cl)([C@H]2CCOC2)C1. The van der Waals surface area contributed by atoms with Crippen molar-refractivity contribution >= 4 is 23.2 Å². The van der Waals surface area contributed by atoms with Crippen LogP contribution in [0.4, 0.5) is 0 Å². The zero-order chi connectivity index (χ0) is 14.9. The topological polar surface area (TPSA) is 35.2 Å². The fraction of sp³-hybridized carbons (Fsp3) is 0.625. The summed E-state index contributed by atoms with van der Waals surface area (Å²) in [5.74, 6) is 0.622. The lowest BCUT2D eigenvalue weighted by Gasteiger charge is -2.40. The minimum atomic E-state index is 0.577. The third kappa shape index (κ3) is 3.22. The Balaban J connectivity index is 1.85. The molecule has 3 nitrogen and oxygen atoms in total. The summed E-state index contributed by atoms with van der Waals surface area (Å²) in [4.78, 5) is 0. The predicted molar refractivity (Wildman–Crippen MR) is 86.5 cm³/mol. The summed E-state index contributed by atoms with van der Waals surface area (Å²) < 4.78 is 6.72. The molecule has 0 radical (unpaired) electrons. The molecule has 5 heteroatoms. The second-order valence-electron chi connectivity index (χ2n) is 6.43. The van der Waals surface area contributed by atoms with Crippen LogP contribution < -0.4 is 5.73 Å². The Labute approximate surface area is 136 Å². The fourth-order valence-electron chi connectivity index (χ4n) is 3.88. The van der Waals surface area contributed by atoms with Crippen molar-refractivity contribution in [1.82, 2.24) is 0 Å². The molecular formula is C16H23Cl2N2O+. The minimum absolute atomic E-state index is 0.577. The minimum Gasteiger partial charge on any atom is -0.375 e. The van der Waals surface area contributed by atoms with Crippen molar-refractivity contribution in [3.05, 3.63) is 33.8 Å². The van der Waals surface area contributed by atoms with Gasteiger partial charge < -0.3 is 15.0 Å². The molecule has 0 bridgehead atoms. The molecule has 2 aliphatic heterocycles. The van der Waals surface area contributed by atoms with Gasteiger partial charge in [-0.2, -0.15) is 0 Å². The lowest BCUT2D eigenvalue weighted by molar-refractivity contribution is -0.952. The highest BCUT2D eigenvalue weighted by Gasteiger charge is 2.45. The number of ether oxygens (including phenoxy) is 1. The third-order valence-corrected chi connectivity index (χ3v) is 5.71. The first-order valence-corrected chi connectivity index (χ1v) is 8.46. The zero-order valence-corrected chi connectivity index (χ0v) is 13.7. The summed E-state index contributed by atoms with van der Waals surface area (Å²) in [6.07, 6.45) is 2.35. The number of benzene rings is 1. The number of hydrogen-bond acceptors (Lipinski definition) is 2. The van der Waals surface area contributed by atoms with Gasteiger partial charge in [-0.05, 0) is 12.1 Å². The van der Waals surface area contributed by atoms with E-state index < -0.39 is 0 Å². The molecule has 3 atom stereocenters. The summed E-state index contributed by atoms with van der Waals surface area (Å²) in [6.45, 7) is 5.80. The predicted octanol–water partition coefficient (Wildman–Crippen LogP) is 3.08. The van der Waals surface area contributed by atoms with Crippen LogP contribution in [0.1, 0.15) is 18.4 Å². The van der Waals surface area contributed by atoms with E-state index in [0.717, 1.165) is 48.8 Å². The van der Waals surface area contributed by atoms with E-state index in [-0.39, 0.29) is 0 Å². The average molecular weight is 330 g/mol. The molecular weight excluding hydrogens is 307 g/mol. The Kier molecular flexibility index (Phi) is 4.77. The third-order valence-electron chi connectivity index (χ3n) is 5.12. The normalized spacial score (nSPS) is 32.7. The molecule has 21 heavy (non-hydrogen) atoms. The van der Waals surface area contributed by atoms with E-state index >= 15 is 0 Å². The molecule has 2 fully saturated rings. The van der Waals surface area contributed by atoms with Gasteiger partial charge in [-0.1, -0.05) is 29.3 Å². The van der Waals surface area contributed by atoms with E-state index in [9.17, 15) is 0 Å². The quantitative estimate of drug-likeness (QED) is 0.861. The molecule has 0 amide bonds. The van der Waals surface area contributed by atoms with Crippen LogP contribution in [0.25, 0.3) is 0 Å². The van der Waals surface area contributed by atoms with Crippen molar-refractivity contribution in [1.29, 1.82) is 0 Å². The summed E-state index contributed by atoms with van der Waals surface area (Å²) in [6, 6.07) is 6.42. The highest BCUT2D eigenvalue weighted by molar-refractivity contribution is 6.35. The largest absolute Gasteiger partial charge is 0.375 e. The highest BCUT2D eigenvalue weighted by Crippen LogP contribution is 2.35. The maximum absolute atomic E-state index is 6.40. The maximum atomic E-state index is 6.40. The van der Waals surface area contributed by atoms with E-state index in [1.807, 2.05) is 12.1 Å². The first-order chi connectivity index (χ1) is 10.1. The molecule has 1 aromatic carbocycles.